The van der Waals surface area contributed by atoms with Crippen molar-refractivity contribution in [3.8, 4) is 11.3 Å². The fourth-order valence-corrected chi connectivity index (χ4v) is 2.92. The number of benzene rings is 2. The van der Waals surface area contributed by atoms with Crippen molar-refractivity contribution in [2.75, 3.05) is 17.6 Å². The highest BCUT2D eigenvalue weighted by Crippen LogP contribution is 2.28. The summed E-state index contributed by atoms with van der Waals surface area (Å²) in [6.45, 7) is 2.49. The molecule has 7 nitrogen and oxygen atoms in total. The van der Waals surface area contributed by atoms with E-state index < -0.39 is 0 Å². The molecule has 0 amide bonds. The maximum atomic E-state index is 11.0. The van der Waals surface area contributed by atoms with E-state index in [1.165, 1.54) is 6.07 Å². The van der Waals surface area contributed by atoms with Gasteiger partial charge in [0, 0.05) is 35.3 Å². The lowest BCUT2D eigenvalue weighted by Crippen LogP contribution is -2.09. The van der Waals surface area contributed by atoms with Crippen LogP contribution in [0.1, 0.15) is 11.1 Å². The van der Waals surface area contributed by atoms with Gasteiger partial charge in [-0.05, 0) is 30.5 Å². The molecule has 8 heteroatoms. The van der Waals surface area contributed by atoms with E-state index >= 15 is 0 Å². The van der Waals surface area contributed by atoms with E-state index in [4.69, 9.17) is 22.5 Å². The molecule has 0 aliphatic rings. The van der Waals surface area contributed by atoms with Crippen LogP contribution in [0.3, 0.4) is 0 Å². The molecule has 1 heterocycles. The number of rotatable bonds is 6. The standard InChI is InChI=1S/C19H19ClN5O2/c1-12-15(6-3-7-16(12)20)17-11-18(24-19(21)23-17)22-9-8-13-4-2-5-14(10-13)25(26)27/h2-7,10-11H,8-9H2,1H3,(H,26,27)(H3,21,22,23,24)/q+1. The lowest BCUT2D eigenvalue weighted by Gasteiger charge is -2.11. The van der Waals surface area contributed by atoms with Crippen LogP contribution in [-0.4, -0.2) is 26.6 Å². The number of nitrogens with zero attached hydrogens (tertiary/aromatic N) is 3. The summed E-state index contributed by atoms with van der Waals surface area (Å²) in [7, 11) is 0. The fraction of sp³-hybridized carbons (Fsp3) is 0.158. The Morgan fingerprint density at radius 2 is 1.96 bits per heavy atom. The first-order valence-electron chi connectivity index (χ1n) is 8.33. The second-order valence-corrected chi connectivity index (χ2v) is 6.44. The van der Waals surface area contributed by atoms with Gasteiger partial charge in [-0.3, -0.25) is 0 Å². The van der Waals surface area contributed by atoms with Crippen molar-refractivity contribution < 1.29 is 10.1 Å². The molecule has 0 saturated carbocycles. The number of nitrogen functional groups attached to an aromatic ring is 1. The van der Waals surface area contributed by atoms with Crippen LogP contribution in [0.5, 0.6) is 0 Å². The molecule has 138 valence electrons. The predicted molar refractivity (Wildman–Crippen MR) is 105 cm³/mol. The minimum Gasteiger partial charge on any atom is -0.370 e. The zero-order valence-corrected chi connectivity index (χ0v) is 15.4. The summed E-state index contributed by atoms with van der Waals surface area (Å²) >= 11 is 6.20. The maximum absolute atomic E-state index is 11.0. The van der Waals surface area contributed by atoms with Crippen LogP contribution in [-0.2, 0) is 6.42 Å². The Hall–Kier alpha value is -3.19. The average molecular weight is 385 g/mol. The lowest BCUT2D eigenvalue weighted by molar-refractivity contribution is -0.729. The van der Waals surface area contributed by atoms with Gasteiger partial charge in [0.25, 0.3) is 4.92 Å². The molecule has 4 N–H and O–H groups in total. The Morgan fingerprint density at radius 1 is 1.19 bits per heavy atom. The van der Waals surface area contributed by atoms with Crippen LogP contribution >= 0.6 is 11.6 Å². The van der Waals surface area contributed by atoms with Crippen molar-refractivity contribution in [2.24, 2.45) is 0 Å². The zero-order chi connectivity index (χ0) is 19.4. The van der Waals surface area contributed by atoms with Gasteiger partial charge < -0.3 is 11.1 Å². The fourth-order valence-electron chi connectivity index (χ4n) is 2.75. The molecule has 0 bridgehead atoms. The second-order valence-electron chi connectivity index (χ2n) is 6.03. The van der Waals surface area contributed by atoms with E-state index in [1.54, 1.807) is 12.1 Å². The van der Waals surface area contributed by atoms with Crippen LogP contribution in [0.4, 0.5) is 17.5 Å². The first-order valence-corrected chi connectivity index (χ1v) is 8.71. The maximum Gasteiger partial charge on any atom is 0.316 e. The lowest BCUT2D eigenvalue weighted by atomic mass is 10.1. The van der Waals surface area contributed by atoms with Crippen LogP contribution in [0.15, 0.2) is 48.5 Å². The van der Waals surface area contributed by atoms with Gasteiger partial charge in [-0.1, -0.05) is 35.9 Å². The highest BCUT2D eigenvalue weighted by atomic mass is 35.5. The van der Waals surface area contributed by atoms with Crippen LogP contribution in [0, 0.1) is 11.8 Å². The number of nitrogens with two attached hydrogens (primary N) is 1. The van der Waals surface area contributed by atoms with Gasteiger partial charge in [-0.25, -0.2) is 10.2 Å². The molecule has 3 aromatic rings. The van der Waals surface area contributed by atoms with Crippen molar-refractivity contribution in [2.45, 2.75) is 13.3 Å². The van der Waals surface area contributed by atoms with Gasteiger partial charge in [0.1, 0.15) is 5.82 Å². The van der Waals surface area contributed by atoms with E-state index in [9.17, 15) is 4.91 Å². The van der Waals surface area contributed by atoms with Gasteiger partial charge >= 0.3 is 5.69 Å². The largest absolute Gasteiger partial charge is 0.370 e. The smallest absolute Gasteiger partial charge is 0.316 e. The number of hydrogen-bond donors (Lipinski definition) is 3. The normalized spacial score (nSPS) is 10.6. The molecule has 0 atom stereocenters. The quantitative estimate of drug-likeness (QED) is 0.552. The summed E-state index contributed by atoms with van der Waals surface area (Å²) in [6, 6.07) is 14.2. The first-order chi connectivity index (χ1) is 12.9. The average Bonchev–Trinajstić information content (AvgIpc) is 2.64. The summed E-state index contributed by atoms with van der Waals surface area (Å²) in [6.07, 6.45) is 0.636. The molecule has 0 aliphatic carbocycles. The van der Waals surface area contributed by atoms with Gasteiger partial charge in [0.05, 0.1) is 10.6 Å². The molecule has 0 spiro atoms. The minimum atomic E-state index is -0.151. The number of halogens is 1. The number of anilines is 2. The van der Waals surface area contributed by atoms with E-state index in [2.05, 4.69) is 15.3 Å². The number of nitrogens with one attached hydrogen (secondary N) is 1. The summed E-state index contributed by atoms with van der Waals surface area (Å²) in [5.74, 6) is 0.763. The molecule has 0 fully saturated rings. The number of aromatic nitrogens is 2. The van der Waals surface area contributed by atoms with E-state index in [1.807, 2.05) is 37.3 Å². The van der Waals surface area contributed by atoms with Crippen molar-refractivity contribution in [1.29, 1.82) is 0 Å². The Labute approximate surface area is 161 Å². The van der Waals surface area contributed by atoms with Crippen molar-refractivity contribution in [3.63, 3.8) is 0 Å². The number of hydrogen-bond acceptors (Lipinski definition) is 5. The molecular formula is C19H19ClN5O2+. The molecule has 1 aromatic heterocycles. The molecule has 0 unspecified atom stereocenters. The molecule has 2 aromatic carbocycles. The Morgan fingerprint density at radius 3 is 2.74 bits per heavy atom. The summed E-state index contributed by atoms with van der Waals surface area (Å²) in [5.41, 5.74) is 9.46. The Balaban J connectivity index is 1.74. The third-order valence-electron chi connectivity index (χ3n) is 4.14. The molecule has 0 saturated heterocycles. The molecule has 27 heavy (non-hydrogen) atoms. The van der Waals surface area contributed by atoms with Crippen molar-refractivity contribution in [3.05, 3.63) is 69.6 Å². The Kier molecular flexibility index (Phi) is 5.52. The summed E-state index contributed by atoms with van der Waals surface area (Å²) < 4.78 is 0. The van der Waals surface area contributed by atoms with Crippen molar-refractivity contribution in [1.82, 2.24) is 9.97 Å². The highest BCUT2D eigenvalue weighted by molar-refractivity contribution is 6.31. The van der Waals surface area contributed by atoms with E-state index in [-0.39, 0.29) is 16.6 Å². The minimum absolute atomic E-state index is 0.151. The van der Waals surface area contributed by atoms with Crippen LogP contribution in [0.25, 0.3) is 11.3 Å². The first kappa shape index (κ1) is 18.6. The summed E-state index contributed by atoms with van der Waals surface area (Å²) in [5, 5.41) is 12.9. The molecule has 0 aliphatic heterocycles. The third-order valence-corrected chi connectivity index (χ3v) is 4.55. The van der Waals surface area contributed by atoms with Gasteiger partial charge in [0.15, 0.2) is 0 Å². The Bertz CT molecular complexity index is 994. The predicted octanol–water partition coefficient (Wildman–Crippen LogP) is 4.14. The molecule has 0 radical (unpaired) electrons. The van der Waals surface area contributed by atoms with Gasteiger partial charge in [-0.15, -0.1) is 0 Å². The van der Waals surface area contributed by atoms with Gasteiger partial charge in [-0.2, -0.15) is 4.98 Å². The van der Waals surface area contributed by atoms with Crippen LogP contribution in [0.2, 0.25) is 5.02 Å². The van der Waals surface area contributed by atoms with E-state index in [0.29, 0.717) is 29.5 Å². The van der Waals surface area contributed by atoms with Crippen molar-refractivity contribution >= 4 is 29.1 Å². The molecular weight excluding hydrogens is 366 g/mol. The summed E-state index contributed by atoms with van der Waals surface area (Å²) in [4.78, 5) is 19.3. The molecule has 3 rings (SSSR count). The highest BCUT2D eigenvalue weighted by Gasteiger charge is 2.12. The SMILES string of the molecule is Cc1c(Cl)cccc1-c1cc(NCCc2cccc([N+](=O)O)c2)nc(N)n1. The topological polar surface area (TPSA) is 104 Å². The van der Waals surface area contributed by atoms with Gasteiger partial charge in [0.2, 0.25) is 5.95 Å². The van der Waals surface area contributed by atoms with E-state index in [0.717, 1.165) is 16.7 Å². The van der Waals surface area contributed by atoms with Crippen LogP contribution < -0.4 is 11.1 Å². The second kappa shape index (κ2) is 8.01. The monoisotopic (exact) mass is 384 g/mol. The zero-order valence-electron chi connectivity index (χ0n) is 14.7. The third kappa shape index (κ3) is 4.51.